The lowest BCUT2D eigenvalue weighted by Crippen LogP contribution is -2.24. The van der Waals surface area contributed by atoms with Gasteiger partial charge in [-0.1, -0.05) is 17.7 Å². The molecule has 1 aromatic carbocycles. The van der Waals surface area contributed by atoms with E-state index in [0.29, 0.717) is 25.7 Å². The molecule has 1 aromatic rings. The molecule has 1 fully saturated rings. The summed E-state index contributed by atoms with van der Waals surface area (Å²) in [4.78, 5) is 0.105. The summed E-state index contributed by atoms with van der Waals surface area (Å²) < 4.78 is 66.3. The lowest BCUT2D eigenvalue weighted by Gasteiger charge is -2.28. The van der Waals surface area contributed by atoms with Crippen LogP contribution in [0.5, 0.6) is 0 Å². The Morgan fingerprint density at radius 3 is 2.09 bits per heavy atom. The van der Waals surface area contributed by atoms with Gasteiger partial charge >= 0.3 is 6.18 Å². The molecule has 3 nitrogen and oxygen atoms in total. The highest BCUT2D eigenvalue weighted by Crippen LogP contribution is 2.36. The highest BCUT2D eigenvalue weighted by Gasteiger charge is 2.34. The van der Waals surface area contributed by atoms with Crippen molar-refractivity contribution in [2.45, 2.75) is 50.1 Å². The molecule has 0 unspecified atom stereocenters. The molecule has 1 saturated carbocycles. The highest BCUT2D eigenvalue weighted by atomic mass is 32.2. The third kappa shape index (κ3) is 5.80. The number of alkyl halides is 3. The minimum Gasteiger partial charge on any atom is -0.266 e. The number of aryl methyl sites for hydroxylation is 1. The van der Waals surface area contributed by atoms with Gasteiger partial charge in [0, 0.05) is 6.42 Å². The van der Waals surface area contributed by atoms with E-state index in [2.05, 4.69) is 0 Å². The molecule has 7 heteroatoms. The summed E-state index contributed by atoms with van der Waals surface area (Å²) >= 11 is 0. The van der Waals surface area contributed by atoms with Gasteiger partial charge in [0.15, 0.2) is 0 Å². The Balaban J connectivity index is 1.82. The SMILES string of the molecule is Cc1ccc(S(=O)(=O)OCC2CCC(CC(F)(F)F)CC2)cc1. The molecule has 0 aromatic heterocycles. The molecule has 1 aliphatic rings. The zero-order chi connectivity index (χ0) is 17.1. The van der Waals surface area contributed by atoms with Crippen LogP contribution in [0.2, 0.25) is 0 Å². The van der Waals surface area contributed by atoms with E-state index in [1.54, 1.807) is 12.1 Å². The maximum Gasteiger partial charge on any atom is 0.389 e. The summed E-state index contributed by atoms with van der Waals surface area (Å²) in [5.74, 6) is -0.348. The summed E-state index contributed by atoms with van der Waals surface area (Å²) in [6, 6.07) is 6.37. The Labute approximate surface area is 135 Å². The van der Waals surface area contributed by atoms with E-state index >= 15 is 0 Å². The number of halogens is 3. The second-order valence-electron chi connectivity index (χ2n) is 6.26. The fraction of sp³-hybridized carbons (Fsp3) is 0.625. The highest BCUT2D eigenvalue weighted by molar-refractivity contribution is 7.86. The number of hydrogen-bond acceptors (Lipinski definition) is 3. The van der Waals surface area contributed by atoms with Crippen LogP contribution in [0.1, 0.15) is 37.7 Å². The first-order valence-electron chi connectivity index (χ1n) is 7.68. The second kappa shape index (κ2) is 7.21. The lowest BCUT2D eigenvalue weighted by molar-refractivity contribution is -0.147. The van der Waals surface area contributed by atoms with Crippen LogP contribution in [0.3, 0.4) is 0 Å². The van der Waals surface area contributed by atoms with Crippen LogP contribution in [-0.4, -0.2) is 21.2 Å². The van der Waals surface area contributed by atoms with Crippen LogP contribution in [-0.2, 0) is 14.3 Å². The summed E-state index contributed by atoms with van der Waals surface area (Å²) in [6.07, 6.45) is -2.78. The van der Waals surface area contributed by atoms with Gasteiger partial charge in [0.1, 0.15) is 0 Å². The van der Waals surface area contributed by atoms with Crippen molar-refractivity contribution in [3.05, 3.63) is 29.8 Å². The van der Waals surface area contributed by atoms with Crippen molar-refractivity contribution in [2.75, 3.05) is 6.61 Å². The van der Waals surface area contributed by atoms with Crippen LogP contribution in [0, 0.1) is 18.8 Å². The molecule has 0 N–H and O–H groups in total. The Bertz CT molecular complexity index is 600. The van der Waals surface area contributed by atoms with Gasteiger partial charge in [0.05, 0.1) is 11.5 Å². The van der Waals surface area contributed by atoms with Gasteiger partial charge in [-0.2, -0.15) is 21.6 Å². The molecule has 1 aliphatic carbocycles. The quantitative estimate of drug-likeness (QED) is 0.737. The van der Waals surface area contributed by atoms with Crippen LogP contribution < -0.4 is 0 Å². The Kier molecular flexibility index (Phi) is 5.73. The second-order valence-corrected chi connectivity index (χ2v) is 7.87. The average Bonchev–Trinajstić information content (AvgIpc) is 2.45. The van der Waals surface area contributed by atoms with E-state index in [-0.39, 0.29) is 23.3 Å². The summed E-state index contributed by atoms with van der Waals surface area (Å²) in [5, 5.41) is 0. The van der Waals surface area contributed by atoms with E-state index in [4.69, 9.17) is 4.18 Å². The molecule has 0 saturated heterocycles. The van der Waals surface area contributed by atoms with Crippen LogP contribution in [0.15, 0.2) is 29.2 Å². The normalized spacial score (nSPS) is 23.0. The van der Waals surface area contributed by atoms with Crippen molar-refractivity contribution in [3.63, 3.8) is 0 Å². The van der Waals surface area contributed by atoms with Gasteiger partial charge < -0.3 is 0 Å². The number of hydrogen-bond donors (Lipinski definition) is 0. The summed E-state index contributed by atoms with van der Waals surface area (Å²) in [5.41, 5.74) is 0.951. The van der Waals surface area contributed by atoms with Crippen LogP contribution in [0.4, 0.5) is 13.2 Å². The predicted octanol–water partition coefficient (Wildman–Crippen LogP) is 4.46. The van der Waals surface area contributed by atoms with Crippen molar-refractivity contribution in [3.8, 4) is 0 Å². The van der Waals surface area contributed by atoms with Gasteiger partial charge in [-0.15, -0.1) is 0 Å². The Morgan fingerprint density at radius 1 is 1.04 bits per heavy atom. The van der Waals surface area contributed by atoms with E-state index < -0.39 is 22.7 Å². The third-order valence-corrected chi connectivity index (χ3v) is 5.55. The smallest absolute Gasteiger partial charge is 0.266 e. The van der Waals surface area contributed by atoms with Gasteiger partial charge in [-0.25, -0.2) is 0 Å². The van der Waals surface area contributed by atoms with Crippen molar-refractivity contribution in [1.29, 1.82) is 0 Å². The minimum absolute atomic E-state index is 0.000271. The molecule has 23 heavy (non-hydrogen) atoms. The van der Waals surface area contributed by atoms with Crippen LogP contribution >= 0.6 is 0 Å². The molecule has 0 bridgehead atoms. The largest absolute Gasteiger partial charge is 0.389 e. The molecule has 2 rings (SSSR count). The van der Waals surface area contributed by atoms with Crippen LogP contribution in [0.25, 0.3) is 0 Å². The lowest BCUT2D eigenvalue weighted by atomic mass is 9.81. The molecule has 0 amide bonds. The summed E-state index contributed by atoms with van der Waals surface area (Å²) in [7, 11) is -3.80. The molecule has 0 aliphatic heterocycles. The molecule has 130 valence electrons. The van der Waals surface area contributed by atoms with E-state index in [0.717, 1.165) is 5.56 Å². The number of benzene rings is 1. The van der Waals surface area contributed by atoms with E-state index in [1.807, 2.05) is 6.92 Å². The van der Waals surface area contributed by atoms with Gasteiger partial charge in [0.25, 0.3) is 10.1 Å². The van der Waals surface area contributed by atoms with Crippen molar-refractivity contribution in [1.82, 2.24) is 0 Å². The molecular formula is C16H21F3O3S. The molecule has 0 heterocycles. The predicted molar refractivity (Wildman–Crippen MR) is 80.4 cm³/mol. The van der Waals surface area contributed by atoms with Crippen molar-refractivity contribution < 1.29 is 25.8 Å². The molecule has 0 radical (unpaired) electrons. The van der Waals surface area contributed by atoms with Crippen molar-refractivity contribution in [2.24, 2.45) is 11.8 Å². The van der Waals surface area contributed by atoms with Gasteiger partial charge in [-0.05, 0) is 56.6 Å². The number of rotatable bonds is 5. The Morgan fingerprint density at radius 2 is 1.57 bits per heavy atom. The first-order valence-corrected chi connectivity index (χ1v) is 9.09. The molecular weight excluding hydrogens is 329 g/mol. The fourth-order valence-corrected chi connectivity index (χ4v) is 3.87. The van der Waals surface area contributed by atoms with Gasteiger partial charge in [0.2, 0.25) is 0 Å². The maximum absolute atomic E-state index is 12.4. The third-order valence-electron chi connectivity index (χ3n) is 4.26. The zero-order valence-electron chi connectivity index (χ0n) is 13.0. The monoisotopic (exact) mass is 350 g/mol. The Hall–Kier alpha value is -1.08. The topological polar surface area (TPSA) is 43.4 Å². The standard InChI is InChI=1S/C16H21F3O3S/c1-12-2-8-15(9-3-12)23(20,21)22-11-14-6-4-13(5-7-14)10-16(17,18)19/h2-3,8-9,13-14H,4-7,10-11H2,1H3. The molecule has 0 atom stereocenters. The minimum atomic E-state index is -4.12. The van der Waals surface area contributed by atoms with E-state index in [1.165, 1.54) is 12.1 Å². The molecule has 0 spiro atoms. The average molecular weight is 350 g/mol. The fourth-order valence-electron chi connectivity index (χ4n) is 2.89. The first kappa shape index (κ1) is 18.3. The van der Waals surface area contributed by atoms with Gasteiger partial charge in [-0.3, -0.25) is 4.18 Å². The maximum atomic E-state index is 12.4. The van der Waals surface area contributed by atoms with E-state index in [9.17, 15) is 21.6 Å². The summed E-state index contributed by atoms with van der Waals surface area (Å²) in [6.45, 7) is 1.89. The zero-order valence-corrected chi connectivity index (χ0v) is 13.8. The first-order chi connectivity index (χ1) is 10.7. The van der Waals surface area contributed by atoms with Crippen molar-refractivity contribution >= 4 is 10.1 Å².